The summed E-state index contributed by atoms with van der Waals surface area (Å²) >= 11 is 5.72. The smallest absolute Gasteiger partial charge is 0.256 e. The lowest BCUT2D eigenvalue weighted by molar-refractivity contribution is 0.365. The highest BCUT2D eigenvalue weighted by molar-refractivity contribution is 7.92. The summed E-state index contributed by atoms with van der Waals surface area (Å²) in [5, 5.41) is 0.111. The Balaban J connectivity index is 2.34. The number of halogens is 8. The maximum atomic E-state index is 14.5. The van der Waals surface area contributed by atoms with Crippen molar-refractivity contribution in [2.75, 3.05) is 4.31 Å². The first kappa shape index (κ1) is 23.9. The van der Waals surface area contributed by atoms with E-state index in [2.05, 4.69) is 0 Å². The molecule has 0 heterocycles. The second-order valence-corrected chi connectivity index (χ2v) is 8.76. The zero-order chi connectivity index (χ0) is 24.0. The molecule has 3 nitrogen and oxygen atoms in total. The van der Waals surface area contributed by atoms with E-state index >= 15 is 0 Å². The molecule has 0 spiro atoms. The second kappa shape index (κ2) is 8.62. The molecule has 0 aliphatic carbocycles. The summed E-state index contributed by atoms with van der Waals surface area (Å²) in [7, 11) is -4.93. The molecule has 0 aliphatic heterocycles. The maximum Gasteiger partial charge on any atom is 0.264 e. The predicted molar refractivity (Wildman–Crippen MR) is 102 cm³/mol. The third-order valence-corrected chi connectivity index (χ3v) is 6.68. The molecule has 1 atom stereocenters. The van der Waals surface area contributed by atoms with Crippen molar-refractivity contribution < 1.29 is 39.2 Å². The van der Waals surface area contributed by atoms with Gasteiger partial charge in [-0.05, 0) is 43.3 Å². The van der Waals surface area contributed by atoms with Crippen molar-refractivity contribution >= 4 is 27.3 Å². The third-order valence-electron chi connectivity index (χ3n) is 4.53. The van der Waals surface area contributed by atoms with E-state index in [1.165, 1.54) is 0 Å². The highest BCUT2D eigenvalue weighted by atomic mass is 35.5. The third kappa shape index (κ3) is 4.02. The molecule has 170 valence electrons. The quantitative estimate of drug-likeness (QED) is 0.237. The van der Waals surface area contributed by atoms with Gasteiger partial charge in [0.05, 0.1) is 22.2 Å². The minimum Gasteiger partial charge on any atom is -0.256 e. The molecule has 0 saturated carbocycles. The first-order valence-electron chi connectivity index (χ1n) is 8.64. The summed E-state index contributed by atoms with van der Waals surface area (Å²) in [6, 6.07) is 3.60. The Morgan fingerprint density at radius 2 is 1.28 bits per heavy atom. The van der Waals surface area contributed by atoms with Crippen molar-refractivity contribution in [3.8, 4) is 0 Å². The lowest BCUT2D eigenvalue weighted by Gasteiger charge is -2.31. The van der Waals surface area contributed by atoms with Crippen molar-refractivity contribution in [1.82, 2.24) is 0 Å². The fourth-order valence-corrected chi connectivity index (χ4v) is 4.78. The number of sulfonamides is 1. The molecule has 0 bridgehead atoms. The number of hydrogen-bond acceptors (Lipinski definition) is 2. The van der Waals surface area contributed by atoms with Gasteiger partial charge in [-0.1, -0.05) is 11.6 Å². The molecule has 0 aromatic heterocycles. The average molecular weight is 498 g/mol. The fraction of sp³-hybridized carbons (Fsp3) is 0.100. The summed E-state index contributed by atoms with van der Waals surface area (Å²) < 4.78 is 125. The number of hydrogen-bond donors (Lipinski definition) is 0. The van der Waals surface area contributed by atoms with Gasteiger partial charge < -0.3 is 0 Å². The monoisotopic (exact) mass is 497 g/mol. The number of rotatable bonds is 5. The Morgan fingerprint density at radius 3 is 1.81 bits per heavy atom. The van der Waals surface area contributed by atoms with Crippen molar-refractivity contribution in [3.63, 3.8) is 0 Å². The highest BCUT2D eigenvalue weighted by Gasteiger charge is 2.38. The van der Waals surface area contributed by atoms with Gasteiger partial charge in [-0.3, -0.25) is 4.31 Å². The summed E-state index contributed by atoms with van der Waals surface area (Å²) in [5.74, 6) is -14.2. The molecule has 0 N–H and O–H groups in total. The first-order valence-corrected chi connectivity index (χ1v) is 10.5. The molecule has 0 amide bonds. The van der Waals surface area contributed by atoms with Crippen LogP contribution < -0.4 is 4.31 Å². The molecule has 0 radical (unpaired) electrons. The van der Waals surface area contributed by atoms with Gasteiger partial charge in [0.25, 0.3) is 10.0 Å². The molecular weight excluding hydrogens is 487 g/mol. The Labute approximate surface area is 182 Å². The number of nitrogens with zero attached hydrogens (tertiary/aromatic N) is 1. The van der Waals surface area contributed by atoms with Crippen molar-refractivity contribution in [2.24, 2.45) is 0 Å². The normalized spacial score (nSPS) is 12.7. The molecule has 3 rings (SSSR count). The van der Waals surface area contributed by atoms with Gasteiger partial charge in [0, 0.05) is 11.1 Å². The lowest BCUT2D eigenvalue weighted by Crippen LogP contribution is -2.36. The number of anilines is 1. The minimum atomic E-state index is -4.93. The highest BCUT2D eigenvalue weighted by Crippen LogP contribution is 2.38. The van der Waals surface area contributed by atoms with Crippen LogP contribution in [0.4, 0.5) is 36.4 Å². The zero-order valence-electron chi connectivity index (χ0n) is 15.8. The second-order valence-electron chi connectivity index (χ2n) is 6.51. The lowest BCUT2D eigenvalue weighted by atomic mass is 10.1. The molecular formula is C20H11ClF7NO2S. The van der Waals surface area contributed by atoms with Gasteiger partial charge in [0.2, 0.25) is 5.82 Å². The van der Waals surface area contributed by atoms with Crippen LogP contribution in [0.5, 0.6) is 0 Å². The van der Waals surface area contributed by atoms with Crippen molar-refractivity contribution in [3.05, 3.63) is 93.8 Å². The molecule has 3 aromatic rings. The molecule has 0 fully saturated rings. The van der Waals surface area contributed by atoms with E-state index < -0.39 is 72.9 Å². The van der Waals surface area contributed by atoms with Crippen LogP contribution in [0.1, 0.15) is 18.5 Å². The molecule has 0 saturated heterocycles. The molecule has 12 heteroatoms. The van der Waals surface area contributed by atoms with Gasteiger partial charge in [0.15, 0.2) is 23.3 Å². The Bertz CT molecular complexity index is 1270. The topological polar surface area (TPSA) is 37.4 Å². The van der Waals surface area contributed by atoms with Crippen LogP contribution >= 0.6 is 11.6 Å². The first-order chi connectivity index (χ1) is 14.9. The van der Waals surface area contributed by atoms with E-state index in [-0.39, 0.29) is 9.33 Å². The average Bonchev–Trinajstić information content (AvgIpc) is 2.74. The summed E-state index contributed by atoms with van der Waals surface area (Å²) in [4.78, 5) is -0.568. The van der Waals surface area contributed by atoms with Gasteiger partial charge in [-0.15, -0.1) is 0 Å². The largest absolute Gasteiger partial charge is 0.264 e. The van der Waals surface area contributed by atoms with Crippen LogP contribution in [-0.4, -0.2) is 8.42 Å². The Hall–Kier alpha value is -2.79. The minimum absolute atomic E-state index is 0.0347. The van der Waals surface area contributed by atoms with Crippen LogP contribution in [0.2, 0.25) is 5.02 Å². The van der Waals surface area contributed by atoms with Gasteiger partial charge in [-0.25, -0.2) is 39.2 Å². The predicted octanol–water partition coefficient (Wildman–Crippen LogP) is 6.27. The molecule has 0 unspecified atom stereocenters. The van der Waals surface area contributed by atoms with E-state index in [0.717, 1.165) is 31.2 Å². The molecule has 32 heavy (non-hydrogen) atoms. The molecule has 3 aromatic carbocycles. The van der Waals surface area contributed by atoms with Crippen molar-refractivity contribution in [2.45, 2.75) is 17.9 Å². The Morgan fingerprint density at radius 1 is 0.781 bits per heavy atom. The maximum absolute atomic E-state index is 14.5. The van der Waals surface area contributed by atoms with Crippen LogP contribution in [0, 0.1) is 40.7 Å². The zero-order valence-corrected chi connectivity index (χ0v) is 17.4. The summed E-state index contributed by atoms with van der Waals surface area (Å²) in [6.07, 6.45) is 0. The SMILES string of the molecule is C[C@H](c1c(F)c(F)c(F)c(F)c1F)N(c1cc(F)ccc1F)S(=O)(=O)c1ccc(Cl)cc1. The van der Waals surface area contributed by atoms with E-state index in [9.17, 15) is 39.2 Å². The summed E-state index contributed by atoms with van der Waals surface area (Å²) in [6.45, 7) is 0.760. The van der Waals surface area contributed by atoms with Crippen LogP contribution in [0.25, 0.3) is 0 Å². The van der Waals surface area contributed by atoms with Gasteiger partial charge in [-0.2, -0.15) is 0 Å². The van der Waals surface area contributed by atoms with Gasteiger partial charge in [0.1, 0.15) is 11.6 Å². The van der Waals surface area contributed by atoms with Gasteiger partial charge >= 0.3 is 0 Å². The van der Waals surface area contributed by atoms with Crippen LogP contribution in [-0.2, 0) is 10.0 Å². The molecule has 0 aliphatic rings. The number of benzene rings is 3. The standard InChI is InChI=1S/C20H11ClF7NO2S/c1-9(15-16(24)18(26)20(28)19(27)17(15)25)29(14-8-11(22)4-7-13(14)23)32(30,31)12-5-2-10(21)3-6-12/h2-9H,1H3/t9-/m1/s1. The summed E-state index contributed by atoms with van der Waals surface area (Å²) in [5.41, 5.74) is -2.57. The van der Waals surface area contributed by atoms with Crippen LogP contribution in [0.15, 0.2) is 47.4 Å². The van der Waals surface area contributed by atoms with E-state index in [1.54, 1.807) is 0 Å². The van der Waals surface area contributed by atoms with E-state index in [0.29, 0.717) is 18.2 Å². The Kier molecular flexibility index (Phi) is 6.43. The van der Waals surface area contributed by atoms with E-state index in [1.807, 2.05) is 0 Å². The van der Waals surface area contributed by atoms with Crippen LogP contribution in [0.3, 0.4) is 0 Å². The fourth-order valence-electron chi connectivity index (χ4n) is 3.03. The van der Waals surface area contributed by atoms with E-state index in [4.69, 9.17) is 11.6 Å². The van der Waals surface area contributed by atoms with Crippen molar-refractivity contribution in [1.29, 1.82) is 0 Å².